The maximum atomic E-state index is 4.40. The van der Waals surface area contributed by atoms with Gasteiger partial charge in [-0.1, -0.05) is 44.6 Å². The average Bonchev–Trinajstić information content (AvgIpc) is 2.31. The van der Waals surface area contributed by atoms with Gasteiger partial charge in [0.1, 0.15) is 0 Å². The highest BCUT2D eigenvalue weighted by molar-refractivity contribution is 5.20. The Bertz CT molecular complexity index is 319. The van der Waals surface area contributed by atoms with E-state index in [0.29, 0.717) is 5.41 Å². The van der Waals surface area contributed by atoms with Crippen molar-refractivity contribution in [3.05, 3.63) is 23.8 Å². The van der Waals surface area contributed by atoms with Gasteiger partial charge in [-0.3, -0.25) is 0 Å². The number of allylic oxidation sites excluding steroid dienone is 3. The van der Waals surface area contributed by atoms with Gasteiger partial charge in [-0.25, -0.2) is 0 Å². The van der Waals surface area contributed by atoms with Crippen molar-refractivity contribution in [2.45, 2.75) is 53.4 Å². The fraction of sp³-hybridized carbons (Fsp3) is 0.750. The summed E-state index contributed by atoms with van der Waals surface area (Å²) in [5, 5.41) is 0. The van der Waals surface area contributed by atoms with Crippen molar-refractivity contribution < 1.29 is 0 Å². The minimum absolute atomic E-state index is 0.458. The third-order valence-corrected chi connectivity index (χ3v) is 4.98. The first-order valence-corrected chi connectivity index (χ1v) is 6.78. The second-order valence-electron chi connectivity index (χ2n) is 6.69. The predicted molar refractivity (Wildman–Crippen MR) is 71.3 cm³/mol. The lowest BCUT2D eigenvalue weighted by Gasteiger charge is -2.39. The van der Waals surface area contributed by atoms with Crippen molar-refractivity contribution in [3.8, 4) is 0 Å². The van der Waals surface area contributed by atoms with E-state index in [9.17, 15) is 0 Å². The first-order valence-electron chi connectivity index (χ1n) is 6.78. The highest BCUT2D eigenvalue weighted by Gasteiger charge is 2.40. The molecule has 0 amide bonds. The molecule has 0 spiro atoms. The van der Waals surface area contributed by atoms with E-state index < -0.39 is 0 Å². The summed E-state index contributed by atoms with van der Waals surface area (Å²) in [6.45, 7) is 14.0. The second-order valence-corrected chi connectivity index (χ2v) is 6.69. The van der Waals surface area contributed by atoms with Gasteiger partial charge in [-0.15, -0.1) is 0 Å². The summed E-state index contributed by atoms with van der Waals surface area (Å²) in [6.07, 6.45) is 7.84. The van der Waals surface area contributed by atoms with Crippen LogP contribution in [0.5, 0.6) is 0 Å². The molecule has 2 aliphatic rings. The summed E-state index contributed by atoms with van der Waals surface area (Å²) >= 11 is 0. The van der Waals surface area contributed by atoms with Crippen molar-refractivity contribution in [1.82, 2.24) is 0 Å². The molecule has 2 rings (SSSR count). The van der Waals surface area contributed by atoms with Crippen LogP contribution >= 0.6 is 0 Å². The van der Waals surface area contributed by atoms with Gasteiger partial charge in [-0.05, 0) is 55.8 Å². The van der Waals surface area contributed by atoms with Crippen LogP contribution in [0.1, 0.15) is 53.4 Å². The van der Waals surface area contributed by atoms with Crippen molar-refractivity contribution in [1.29, 1.82) is 0 Å². The van der Waals surface area contributed by atoms with Crippen LogP contribution in [0.4, 0.5) is 0 Å². The first-order chi connectivity index (χ1) is 7.42. The number of hydrogen-bond acceptors (Lipinski definition) is 0. The van der Waals surface area contributed by atoms with Crippen molar-refractivity contribution >= 4 is 0 Å². The predicted octanol–water partition coefficient (Wildman–Crippen LogP) is 4.97. The van der Waals surface area contributed by atoms with Gasteiger partial charge in [-0.2, -0.15) is 0 Å². The number of rotatable bonds is 0. The molecule has 90 valence electrons. The lowest BCUT2D eigenvalue weighted by Crippen LogP contribution is -2.30. The molecule has 2 aliphatic carbocycles. The smallest absolute Gasteiger partial charge is 0.0114 e. The summed E-state index contributed by atoms with van der Waals surface area (Å²) in [4.78, 5) is 0. The minimum Gasteiger partial charge on any atom is -0.0993 e. The molecule has 3 atom stereocenters. The van der Waals surface area contributed by atoms with Gasteiger partial charge in [0.25, 0.3) is 0 Å². The Morgan fingerprint density at radius 1 is 1.31 bits per heavy atom. The van der Waals surface area contributed by atoms with E-state index in [1.807, 2.05) is 0 Å². The summed E-state index contributed by atoms with van der Waals surface area (Å²) in [5.74, 6) is 2.20. The van der Waals surface area contributed by atoms with Crippen LogP contribution in [0.3, 0.4) is 0 Å². The Labute approximate surface area is 101 Å². The Balaban J connectivity index is 2.37. The third-order valence-electron chi connectivity index (χ3n) is 4.98. The van der Waals surface area contributed by atoms with Gasteiger partial charge < -0.3 is 0 Å². The molecular weight excluding hydrogens is 192 g/mol. The van der Waals surface area contributed by atoms with Crippen LogP contribution in [-0.4, -0.2) is 0 Å². The third kappa shape index (κ3) is 1.99. The minimum atomic E-state index is 0.458. The maximum absolute atomic E-state index is 4.40. The van der Waals surface area contributed by atoms with Crippen molar-refractivity contribution in [3.63, 3.8) is 0 Å². The lowest BCUT2D eigenvalue weighted by atomic mass is 9.65. The van der Waals surface area contributed by atoms with Crippen LogP contribution in [0.25, 0.3) is 0 Å². The topological polar surface area (TPSA) is 0 Å². The van der Waals surface area contributed by atoms with Crippen LogP contribution in [0.2, 0.25) is 0 Å². The Morgan fingerprint density at radius 3 is 2.69 bits per heavy atom. The molecule has 0 heterocycles. The van der Waals surface area contributed by atoms with E-state index in [-0.39, 0.29) is 0 Å². The summed E-state index contributed by atoms with van der Waals surface area (Å²) in [7, 11) is 0. The Morgan fingerprint density at radius 2 is 2.00 bits per heavy atom. The molecule has 0 unspecified atom stereocenters. The van der Waals surface area contributed by atoms with Gasteiger partial charge in [0, 0.05) is 0 Å². The molecule has 1 saturated carbocycles. The highest BCUT2D eigenvalue weighted by Crippen LogP contribution is 2.50. The standard InChI is InChI=1S/C16H26/c1-11-6-7-14-13(3)12(2)8-9-16(4,5)15(14)10-11/h10,12,14-15H,3,6-9H2,1-2,4-5H3/t12-,14+,15-/m0/s1. The average molecular weight is 218 g/mol. The normalized spacial score (nSPS) is 38.6. The molecular formula is C16H26. The maximum Gasteiger partial charge on any atom is -0.0114 e. The molecule has 0 radical (unpaired) electrons. The van der Waals surface area contributed by atoms with Gasteiger partial charge >= 0.3 is 0 Å². The molecule has 0 bridgehead atoms. The Hall–Kier alpha value is -0.520. The summed E-state index contributed by atoms with van der Waals surface area (Å²) in [5.41, 5.74) is 3.58. The molecule has 1 fully saturated rings. The molecule has 0 aromatic heterocycles. The van der Waals surface area contributed by atoms with Gasteiger partial charge in [0.15, 0.2) is 0 Å². The molecule has 0 aromatic rings. The highest BCUT2D eigenvalue weighted by atomic mass is 14.4. The van der Waals surface area contributed by atoms with E-state index in [1.54, 1.807) is 5.57 Å². The molecule has 0 N–H and O–H groups in total. The fourth-order valence-corrected chi connectivity index (χ4v) is 3.56. The van der Waals surface area contributed by atoms with Crippen LogP contribution in [0, 0.1) is 23.2 Å². The quantitative estimate of drug-likeness (QED) is 0.503. The zero-order valence-corrected chi connectivity index (χ0v) is 11.3. The van der Waals surface area contributed by atoms with Gasteiger partial charge in [0.05, 0.1) is 0 Å². The molecule has 0 aliphatic heterocycles. The monoisotopic (exact) mass is 218 g/mol. The van der Waals surface area contributed by atoms with E-state index >= 15 is 0 Å². The fourth-order valence-electron chi connectivity index (χ4n) is 3.56. The van der Waals surface area contributed by atoms with E-state index in [2.05, 4.69) is 40.3 Å². The lowest BCUT2D eigenvalue weighted by molar-refractivity contribution is 0.186. The molecule has 0 aromatic carbocycles. The number of fused-ring (bicyclic) bond motifs is 1. The number of hydrogen-bond donors (Lipinski definition) is 0. The first kappa shape index (κ1) is 12.0. The SMILES string of the molecule is C=C1[C@H]2CCC(C)=C[C@@H]2C(C)(C)CC[C@@H]1C. The van der Waals surface area contributed by atoms with E-state index in [0.717, 1.165) is 17.8 Å². The summed E-state index contributed by atoms with van der Waals surface area (Å²) in [6, 6.07) is 0. The zero-order chi connectivity index (χ0) is 11.9. The molecule has 0 nitrogen and oxygen atoms in total. The van der Waals surface area contributed by atoms with Crippen LogP contribution in [-0.2, 0) is 0 Å². The zero-order valence-electron chi connectivity index (χ0n) is 11.3. The van der Waals surface area contributed by atoms with Crippen molar-refractivity contribution in [2.75, 3.05) is 0 Å². The largest absolute Gasteiger partial charge is 0.0993 e. The van der Waals surface area contributed by atoms with E-state index in [1.165, 1.54) is 31.3 Å². The van der Waals surface area contributed by atoms with Crippen LogP contribution < -0.4 is 0 Å². The molecule has 0 heteroatoms. The van der Waals surface area contributed by atoms with E-state index in [4.69, 9.17) is 0 Å². The second kappa shape index (κ2) is 4.05. The van der Waals surface area contributed by atoms with Gasteiger partial charge in [0.2, 0.25) is 0 Å². The molecule has 16 heavy (non-hydrogen) atoms. The summed E-state index contributed by atoms with van der Waals surface area (Å²) < 4.78 is 0. The van der Waals surface area contributed by atoms with Crippen LogP contribution in [0.15, 0.2) is 23.8 Å². The Kier molecular flexibility index (Phi) is 3.03. The van der Waals surface area contributed by atoms with Crippen molar-refractivity contribution in [2.24, 2.45) is 23.2 Å². The molecule has 0 saturated heterocycles.